The predicted octanol–water partition coefficient (Wildman–Crippen LogP) is 4.28. The average molecular weight is 565 g/mol. The first-order valence-corrected chi connectivity index (χ1v) is 13.7. The van der Waals surface area contributed by atoms with Crippen LogP contribution >= 0.6 is 0 Å². The van der Waals surface area contributed by atoms with E-state index in [0.29, 0.717) is 11.3 Å². The van der Waals surface area contributed by atoms with E-state index in [1.165, 1.54) is 13.1 Å². The zero-order valence-corrected chi connectivity index (χ0v) is 21.9. The Kier molecular flexibility index (Phi) is 6.48. The summed E-state index contributed by atoms with van der Waals surface area (Å²) in [5.41, 5.74) is 2.11. The molecule has 0 spiro atoms. The van der Waals surface area contributed by atoms with Crippen LogP contribution in [0.15, 0.2) is 41.8 Å². The van der Waals surface area contributed by atoms with E-state index in [1.807, 2.05) is 0 Å². The maximum absolute atomic E-state index is 13.5. The number of nitrogens with zero attached hydrogens (tertiary/aromatic N) is 5. The summed E-state index contributed by atoms with van der Waals surface area (Å²) >= 11 is 0. The molecule has 1 atom stereocenters. The van der Waals surface area contributed by atoms with Crippen LogP contribution in [-0.4, -0.2) is 60.1 Å². The molecule has 9 nitrogen and oxygen atoms in total. The topological polar surface area (TPSA) is 110 Å². The van der Waals surface area contributed by atoms with Crippen molar-refractivity contribution in [2.24, 2.45) is 18.0 Å². The van der Waals surface area contributed by atoms with Crippen LogP contribution in [0.4, 0.5) is 40.3 Å². The molecule has 14 heteroatoms. The fraction of sp³-hybridized carbons (Fsp3) is 0.360. The molecule has 1 aliphatic heterocycles. The third-order valence-corrected chi connectivity index (χ3v) is 7.95. The van der Waals surface area contributed by atoms with E-state index in [0.717, 1.165) is 16.3 Å². The highest BCUT2D eigenvalue weighted by Gasteiger charge is 2.60. The van der Waals surface area contributed by atoms with Gasteiger partial charge in [0.25, 0.3) is 12.3 Å². The molecule has 0 radical (unpaired) electrons. The van der Waals surface area contributed by atoms with Crippen molar-refractivity contribution in [1.29, 1.82) is 0 Å². The number of hydrogen-bond acceptors (Lipinski definition) is 7. The lowest BCUT2D eigenvalue weighted by molar-refractivity contribution is -0.121. The summed E-state index contributed by atoms with van der Waals surface area (Å²) in [5, 5.41) is 3.07. The number of imidazole rings is 1. The number of aryl methyl sites for hydroxylation is 1. The van der Waals surface area contributed by atoms with E-state index in [9.17, 15) is 30.8 Å². The Morgan fingerprint density at radius 3 is 2.56 bits per heavy atom. The molecule has 206 valence electrons. The maximum Gasteiger partial charge on any atom is 0.277 e. The molecule has 0 bridgehead atoms. The molecule has 2 aromatic heterocycles. The lowest BCUT2D eigenvalue weighted by atomic mass is 10.1. The highest BCUT2D eigenvalue weighted by molar-refractivity contribution is 7.92. The van der Waals surface area contributed by atoms with Crippen molar-refractivity contribution in [3.05, 3.63) is 48.2 Å². The Morgan fingerprint density at radius 1 is 1.26 bits per heavy atom. The van der Waals surface area contributed by atoms with Crippen LogP contribution in [0.25, 0.3) is 11.3 Å². The van der Waals surface area contributed by atoms with Crippen LogP contribution in [0.3, 0.4) is 0 Å². The molecule has 0 unspecified atom stereocenters. The number of Topliss-reactive ketones (excluding diaryl/α,β-unsaturated/α-hetero) is 1. The van der Waals surface area contributed by atoms with Gasteiger partial charge in [-0.1, -0.05) is 6.07 Å². The number of nitrogens with one attached hydrogen (secondary N) is 1. The fourth-order valence-electron chi connectivity index (χ4n) is 4.44. The van der Waals surface area contributed by atoms with Crippen molar-refractivity contribution in [3.63, 3.8) is 0 Å². The van der Waals surface area contributed by atoms with E-state index in [2.05, 4.69) is 20.3 Å². The molecular formula is C25H24F4N6O3S. The summed E-state index contributed by atoms with van der Waals surface area (Å²) in [4.78, 5) is 24.8. The number of rotatable bonds is 9. The standard InChI is InChI=1S/C25H24F4N6O3S/c1-34-12-30-11-21(34)13-4-5-16(20(6-13)35(2)39(3,37)38)32-17-7-14(8-22(36)15-10-25(15,28)29)31-18-9-19(24(26)27)33-23(17)18/h4-7,11-12,15,24H,8-10H2,1-3H3,(H,31,32)/t15-/m1/s1. The largest absolute Gasteiger partial charge is 0.352 e. The van der Waals surface area contributed by atoms with Gasteiger partial charge in [-0.25, -0.2) is 36.0 Å². The summed E-state index contributed by atoms with van der Waals surface area (Å²) in [5.74, 6) is -5.11. The number of halogens is 4. The van der Waals surface area contributed by atoms with Gasteiger partial charge in [0.1, 0.15) is 11.5 Å². The molecular weight excluding hydrogens is 540 g/mol. The second-order valence-electron chi connectivity index (χ2n) is 9.68. The second-order valence-corrected chi connectivity index (χ2v) is 11.7. The highest BCUT2D eigenvalue weighted by atomic mass is 32.2. The quantitative estimate of drug-likeness (QED) is 0.389. The van der Waals surface area contributed by atoms with Crippen molar-refractivity contribution in [2.75, 3.05) is 22.9 Å². The van der Waals surface area contributed by atoms with Gasteiger partial charge in [-0.3, -0.25) is 14.1 Å². The summed E-state index contributed by atoms with van der Waals surface area (Å²) in [6, 6.07) is 6.38. The molecule has 1 aromatic carbocycles. The number of carbonyl (C=O) groups is 1. The summed E-state index contributed by atoms with van der Waals surface area (Å²) in [7, 11) is -0.566. The number of aromatic nitrogens is 3. The van der Waals surface area contributed by atoms with Crippen molar-refractivity contribution < 1.29 is 30.8 Å². The van der Waals surface area contributed by atoms with Gasteiger partial charge in [0.2, 0.25) is 10.0 Å². The SMILES string of the molecule is CN(c1cc(-c2cncn2C)ccc1Nc1cc(CC(=O)[C@H]2CC2(F)F)nc2c1N=C(C(F)F)C2)S(C)(=O)=O. The van der Waals surface area contributed by atoms with Crippen molar-refractivity contribution >= 4 is 44.3 Å². The van der Waals surface area contributed by atoms with Gasteiger partial charge in [-0.2, -0.15) is 0 Å². The smallest absolute Gasteiger partial charge is 0.277 e. The van der Waals surface area contributed by atoms with Crippen LogP contribution in [-0.2, 0) is 34.7 Å². The molecule has 1 aliphatic carbocycles. The number of benzene rings is 1. The van der Waals surface area contributed by atoms with Crippen LogP contribution in [0.5, 0.6) is 0 Å². The predicted molar refractivity (Wildman–Crippen MR) is 138 cm³/mol. The normalized spacial score (nSPS) is 17.6. The third kappa shape index (κ3) is 5.24. The second kappa shape index (κ2) is 9.43. The molecule has 5 rings (SSSR count). The number of hydrogen-bond donors (Lipinski definition) is 1. The maximum atomic E-state index is 13.5. The van der Waals surface area contributed by atoms with Gasteiger partial charge in [-0.05, 0) is 18.2 Å². The Morgan fingerprint density at radius 2 is 1.97 bits per heavy atom. The van der Waals surface area contributed by atoms with E-state index in [-0.39, 0.29) is 34.9 Å². The Labute approximate surface area is 221 Å². The van der Waals surface area contributed by atoms with Crippen molar-refractivity contribution in [3.8, 4) is 11.3 Å². The van der Waals surface area contributed by atoms with Crippen molar-refractivity contribution in [2.45, 2.75) is 31.6 Å². The minimum atomic E-state index is -3.72. The van der Waals surface area contributed by atoms with Crippen LogP contribution < -0.4 is 9.62 Å². The summed E-state index contributed by atoms with van der Waals surface area (Å²) in [6.07, 6.45) is 0.225. The molecule has 1 saturated carbocycles. The van der Waals surface area contributed by atoms with Gasteiger partial charge in [0.15, 0.2) is 0 Å². The molecule has 0 amide bonds. The minimum Gasteiger partial charge on any atom is -0.352 e. The van der Waals surface area contributed by atoms with Crippen LogP contribution in [0, 0.1) is 5.92 Å². The number of fused-ring (bicyclic) bond motifs is 1. The van der Waals surface area contributed by atoms with Gasteiger partial charge in [0.05, 0.1) is 64.6 Å². The highest BCUT2D eigenvalue weighted by Crippen LogP contribution is 2.49. The summed E-state index contributed by atoms with van der Waals surface area (Å²) in [6.45, 7) is 0. The van der Waals surface area contributed by atoms with Gasteiger partial charge >= 0.3 is 0 Å². The fourth-order valence-corrected chi connectivity index (χ4v) is 4.95. The molecule has 39 heavy (non-hydrogen) atoms. The van der Waals surface area contributed by atoms with E-state index in [1.54, 1.807) is 42.3 Å². The first-order valence-electron chi connectivity index (χ1n) is 11.8. The van der Waals surface area contributed by atoms with Crippen LogP contribution in [0.2, 0.25) is 0 Å². The van der Waals surface area contributed by atoms with Crippen LogP contribution in [0.1, 0.15) is 17.8 Å². The monoisotopic (exact) mass is 564 g/mol. The molecule has 2 aliphatic rings. The molecule has 1 fully saturated rings. The average Bonchev–Trinajstić information content (AvgIpc) is 3.16. The number of aliphatic imine (C=N–C) groups is 1. The van der Waals surface area contributed by atoms with Crippen molar-refractivity contribution in [1.82, 2.24) is 14.5 Å². The lowest BCUT2D eigenvalue weighted by Crippen LogP contribution is -2.25. The lowest BCUT2D eigenvalue weighted by Gasteiger charge is -2.23. The zero-order valence-electron chi connectivity index (χ0n) is 21.1. The van der Waals surface area contributed by atoms with E-state index < -0.39 is 52.6 Å². The Balaban J connectivity index is 1.57. The molecule has 3 aromatic rings. The first kappa shape index (κ1) is 26.8. The number of carbonyl (C=O) groups excluding carboxylic acids is 1. The number of alkyl halides is 4. The van der Waals surface area contributed by atoms with Gasteiger partial charge < -0.3 is 9.88 Å². The third-order valence-electron chi connectivity index (χ3n) is 6.76. The Bertz CT molecular complexity index is 1620. The van der Waals surface area contributed by atoms with Gasteiger partial charge in [0, 0.05) is 38.9 Å². The number of pyridine rings is 1. The minimum absolute atomic E-state index is 0.113. The number of ketones is 1. The molecule has 3 heterocycles. The molecule has 0 saturated heterocycles. The van der Waals surface area contributed by atoms with Gasteiger partial charge in [-0.15, -0.1) is 0 Å². The molecule has 1 N–H and O–H groups in total. The van der Waals surface area contributed by atoms with E-state index in [4.69, 9.17) is 0 Å². The zero-order chi connectivity index (χ0) is 28.3. The first-order chi connectivity index (χ1) is 18.2. The Hall–Kier alpha value is -3.81. The van der Waals surface area contributed by atoms with E-state index >= 15 is 0 Å². The summed E-state index contributed by atoms with van der Waals surface area (Å²) < 4.78 is 81.6. The number of sulfonamides is 1. The number of anilines is 3.